The topological polar surface area (TPSA) is 88.2 Å². The molecular formula is C15H28N4. The van der Waals surface area contributed by atoms with Crippen LogP contribution in [0.5, 0.6) is 0 Å². The minimum atomic E-state index is 0.326. The average Bonchev–Trinajstić information content (AvgIpc) is 2.26. The summed E-state index contributed by atoms with van der Waals surface area (Å²) in [5.74, 6) is 1.72. The second-order valence-corrected chi connectivity index (χ2v) is 5.48. The average molecular weight is 264 g/mol. The summed E-state index contributed by atoms with van der Waals surface area (Å²) in [5, 5.41) is 7.64. The standard InChI is InChI=1S/C15H28N4/c1-7-13(9(2)3)10(4)8-14(19-12(6)17)15(18)11(5)16/h7,9-10,13,16H,1,8,18H2,2-6H3,(H2,17,19)/b15-14+,16-11?. The molecule has 2 atom stereocenters. The molecule has 19 heavy (non-hydrogen) atoms. The molecule has 0 aliphatic heterocycles. The van der Waals surface area contributed by atoms with E-state index >= 15 is 0 Å². The third-order valence-corrected chi connectivity index (χ3v) is 3.24. The van der Waals surface area contributed by atoms with E-state index in [9.17, 15) is 0 Å². The maximum absolute atomic E-state index is 7.64. The highest BCUT2D eigenvalue weighted by atomic mass is 14.9. The van der Waals surface area contributed by atoms with Crippen molar-refractivity contribution in [3.05, 3.63) is 24.0 Å². The van der Waals surface area contributed by atoms with Gasteiger partial charge >= 0.3 is 0 Å². The van der Waals surface area contributed by atoms with Crippen LogP contribution in [0.15, 0.2) is 29.0 Å². The molecule has 0 aliphatic rings. The summed E-state index contributed by atoms with van der Waals surface area (Å²) in [4.78, 5) is 4.29. The number of nitrogens with zero attached hydrogens (tertiary/aromatic N) is 1. The predicted octanol–water partition coefficient (Wildman–Crippen LogP) is 3.06. The van der Waals surface area contributed by atoms with E-state index in [0.717, 1.165) is 0 Å². The summed E-state index contributed by atoms with van der Waals surface area (Å²) in [6, 6.07) is 0. The van der Waals surface area contributed by atoms with Crippen molar-refractivity contribution in [2.45, 2.75) is 41.0 Å². The fraction of sp³-hybridized carbons (Fsp3) is 0.600. The van der Waals surface area contributed by atoms with E-state index in [4.69, 9.17) is 16.9 Å². The number of allylic oxidation sites excluding steroid dienone is 3. The van der Waals surface area contributed by atoms with Crippen molar-refractivity contribution in [1.29, 1.82) is 5.41 Å². The normalized spacial score (nSPS) is 16.8. The molecular weight excluding hydrogens is 236 g/mol. The van der Waals surface area contributed by atoms with Gasteiger partial charge in [-0.05, 0) is 38.0 Å². The lowest BCUT2D eigenvalue weighted by Gasteiger charge is -2.25. The Balaban J connectivity index is 5.25. The quantitative estimate of drug-likeness (QED) is 0.375. The van der Waals surface area contributed by atoms with Gasteiger partial charge in [0, 0.05) is 0 Å². The zero-order valence-corrected chi connectivity index (χ0v) is 12.8. The van der Waals surface area contributed by atoms with Crippen LogP contribution in [0, 0.1) is 23.2 Å². The Bertz CT molecular complexity index is 387. The Morgan fingerprint density at radius 2 is 1.79 bits per heavy atom. The van der Waals surface area contributed by atoms with Crippen molar-refractivity contribution >= 4 is 11.5 Å². The molecule has 0 bridgehead atoms. The first-order valence-electron chi connectivity index (χ1n) is 6.68. The van der Waals surface area contributed by atoms with Crippen molar-refractivity contribution in [3.63, 3.8) is 0 Å². The van der Waals surface area contributed by atoms with Crippen LogP contribution < -0.4 is 11.5 Å². The number of rotatable bonds is 7. The Labute approximate surface area is 117 Å². The van der Waals surface area contributed by atoms with Crippen LogP contribution in [0.25, 0.3) is 0 Å². The number of nitrogens with two attached hydrogens (primary N) is 2. The van der Waals surface area contributed by atoms with Gasteiger partial charge in [0.15, 0.2) is 0 Å². The zero-order valence-electron chi connectivity index (χ0n) is 12.8. The van der Waals surface area contributed by atoms with E-state index in [2.05, 4.69) is 32.3 Å². The van der Waals surface area contributed by atoms with Crippen molar-refractivity contribution in [2.24, 2.45) is 34.2 Å². The second-order valence-electron chi connectivity index (χ2n) is 5.48. The number of hydrogen-bond acceptors (Lipinski definition) is 3. The summed E-state index contributed by atoms with van der Waals surface area (Å²) in [5.41, 5.74) is 13.0. The van der Waals surface area contributed by atoms with Gasteiger partial charge in [-0.1, -0.05) is 26.8 Å². The number of hydrogen-bond donors (Lipinski definition) is 3. The van der Waals surface area contributed by atoms with Crippen molar-refractivity contribution in [2.75, 3.05) is 0 Å². The molecule has 0 fully saturated rings. The third kappa shape index (κ3) is 5.73. The minimum absolute atomic E-state index is 0.326. The zero-order chi connectivity index (χ0) is 15.2. The molecule has 0 rings (SSSR count). The van der Waals surface area contributed by atoms with Gasteiger partial charge in [0.1, 0.15) is 0 Å². The molecule has 4 nitrogen and oxygen atoms in total. The van der Waals surface area contributed by atoms with E-state index in [-0.39, 0.29) is 0 Å². The van der Waals surface area contributed by atoms with E-state index in [1.165, 1.54) is 0 Å². The fourth-order valence-electron chi connectivity index (χ4n) is 2.25. The lowest BCUT2D eigenvalue weighted by atomic mass is 9.82. The summed E-state index contributed by atoms with van der Waals surface area (Å²) in [7, 11) is 0. The first kappa shape index (κ1) is 17.4. The molecule has 0 amide bonds. The van der Waals surface area contributed by atoms with Crippen LogP contribution in [0.3, 0.4) is 0 Å². The molecule has 0 aromatic carbocycles. The molecule has 108 valence electrons. The van der Waals surface area contributed by atoms with Crippen LogP contribution in [-0.2, 0) is 0 Å². The highest BCUT2D eigenvalue weighted by Gasteiger charge is 2.20. The Kier molecular flexibility index (Phi) is 7.12. The summed E-state index contributed by atoms with van der Waals surface area (Å²) < 4.78 is 0. The Morgan fingerprint density at radius 1 is 1.26 bits per heavy atom. The molecule has 0 aromatic rings. The maximum atomic E-state index is 7.64. The molecule has 0 aromatic heterocycles. The van der Waals surface area contributed by atoms with Crippen molar-refractivity contribution < 1.29 is 0 Å². The number of amidine groups is 1. The predicted molar refractivity (Wildman–Crippen MR) is 84.2 cm³/mol. The molecule has 0 spiro atoms. The monoisotopic (exact) mass is 264 g/mol. The second kappa shape index (κ2) is 7.77. The largest absolute Gasteiger partial charge is 0.396 e. The van der Waals surface area contributed by atoms with Gasteiger partial charge in [0.25, 0.3) is 0 Å². The molecule has 0 saturated heterocycles. The Morgan fingerprint density at radius 3 is 2.11 bits per heavy atom. The molecule has 0 aliphatic carbocycles. The van der Waals surface area contributed by atoms with E-state index in [0.29, 0.717) is 47.1 Å². The maximum Gasteiger partial charge on any atom is 0.0961 e. The summed E-state index contributed by atoms with van der Waals surface area (Å²) in [6.07, 6.45) is 2.69. The fourth-order valence-corrected chi connectivity index (χ4v) is 2.25. The SMILES string of the molecule is C=CC(C(C)C)C(C)CC(/N=C(\C)N)=C(\N)C(C)=N. The van der Waals surface area contributed by atoms with Gasteiger partial charge in [-0.15, -0.1) is 6.58 Å². The number of nitrogens with one attached hydrogen (secondary N) is 1. The summed E-state index contributed by atoms with van der Waals surface area (Å²) in [6.45, 7) is 13.8. The highest BCUT2D eigenvalue weighted by Crippen LogP contribution is 2.28. The van der Waals surface area contributed by atoms with E-state index < -0.39 is 0 Å². The van der Waals surface area contributed by atoms with Gasteiger partial charge in [0.2, 0.25) is 0 Å². The Hall–Kier alpha value is -1.58. The van der Waals surface area contributed by atoms with Crippen LogP contribution in [-0.4, -0.2) is 11.5 Å². The van der Waals surface area contributed by atoms with Gasteiger partial charge < -0.3 is 16.9 Å². The molecule has 5 N–H and O–H groups in total. The number of aliphatic imine (C=N–C) groups is 1. The smallest absolute Gasteiger partial charge is 0.0961 e. The van der Waals surface area contributed by atoms with Gasteiger partial charge in [-0.2, -0.15) is 0 Å². The molecule has 0 saturated carbocycles. The van der Waals surface area contributed by atoms with E-state index in [1.54, 1.807) is 13.8 Å². The third-order valence-electron chi connectivity index (χ3n) is 3.24. The molecule has 4 heteroatoms. The molecule has 2 unspecified atom stereocenters. The molecule has 0 heterocycles. The van der Waals surface area contributed by atoms with E-state index in [1.807, 2.05) is 6.08 Å². The lowest BCUT2D eigenvalue weighted by Crippen LogP contribution is -2.19. The van der Waals surface area contributed by atoms with Crippen molar-refractivity contribution in [3.8, 4) is 0 Å². The van der Waals surface area contributed by atoms with Crippen LogP contribution >= 0.6 is 0 Å². The van der Waals surface area contributed by atoms with Crippen LogP contribution in [0.4, 0.5) is 0 Å². The highest BCUT2D eigenvalue weighted by molar-refractivity contribution is 5.95. The van der Waals surface area contributed by atoms with Crippen molar-refractivity contribution in [1.82, 2.24) is 0 Å². The lowest BCUT2D eigenvalue weighted by molar-refractivity contribution is 0.331. The summed E-state index contributed by atoms with van der Waals surface area (Å²) >= 11 is 0. The van der Waals surface area contributed by atoms with Gasteiger partial charge in [0.05, 0.1) is 22.9 Å². The first-order valence-corrected chi connectivity index (χ1v) is 6.68. The van der Waals surface area contributed by atoms with Crippen LogP contribution in [0.1, 0.15) is 41.0 Å². The van der Waals surface area contributed by atoms with Gasteiger partial charge in [-0.3, -0.25) is 0 Å². The minimum Gasteiger partial charge on any atom is -0.396 e. The molecule has 0 radical (unpaired) electrons. The first-order chi connectivity index (χ1) is 8.70. The van der Waals surface area contributed by atoms with Gasteiger partial charge in [-0.25, -0.2) is 4.99 Å². The van der Waals surface area contributed by atoms with Crippen LogP contribution in [0.2, 0.25) is 0 Å².